The van der Waals surface area contributed by atoms with E-state index in [-0.39, 0.29) is 5.00 Å². The third-order valence-corrected chi connectivity index (χ3v) is 5.01. The minimum absolute atomic E-state index is 0.0999. The van der Waals surface area contributed by atoms with E-state index in [9.17, 15) is 10.1 Å². The second kappa shape index (κ2) is 5.38. The first-order chi connectivity index (χ1) is 9.08. The Morgan fingerprint density at radius 1 is 1.47 bits per heavy atom. The molecule has 2 heterocycles. The van der Waals surface area contributed by atoms with Gasteiger partial charge in [-0.15, -0.1) is 11.3 Å². The molecule has 98 valence electrons. The van der Waals surface area contributed by atoms with Crippen molar-refractivity contribution in [1.82, 2.24) is 0 Å². The van der Waals surface area contributed by atoms with Gasteiger partial charge >= 0.3 is 5.00 Å². The molecule has 0 fully saturated rings. The van der Waals surface area contributed by atoms with E-state index in [1.165, 1.54) is 17.4 Å². The zero-order chi connectivity index (χ0) is 14.0. The van der Waals surface area contributed by atoms with Gasteiger partial charge in [-0.2, -0.15) is 5.26 Å². The van der Waals surface area contributed by atoms with Crippen LogP contribution in [0.3, 0.4) is 0 Å². The third kappa shape index (κ3) is 2.45. The fraction of sp³-hybridized carbons (Fsp3) is 0.250. The van der Waals surface area contributed by atoms with E-state index in [1.807, 2.05) is 6.92 Å². The summed E-state index contributed by atoms with van der Waals surface area (Å²) < 4.78 is 0. The molecule has 2 N–H and O–H groups in total. The second-order valence-electron chi connectivity index (χ2n) is 3.91. The summed E-state index contributed by atoms with van der Waals surface area (Å²) in [6, 6.07) is 5.28. The first-order valence-electron chi connectivity index (χ1n) is 5.64. The monoisotopic (exact) mass is 293 g/mol. The second-order valence-corrected chi connectivity index (χ2v) is 5.99. The van der Waals surface area contributed by atoms with Crippen LogP contribution >= 0.6 is 22.7 Å². The molecular weight excluding hydrogens is 282 g/mol. The number of nitrogen functional groups attached to an aromatic ring is 1. The maximum atomic E-state index is 10.7. The van der Waals surface area contributed by atoms with Crippen molar-refractivity contribution in [2.24, 2.45) is 0 Å². The van der Waals surface area contributed by atoms with Crippen LogP contribution in [0.5, 0.6) is 0 Å². The van der Waals surface area contributed by atoms with Gasteiger partial charge in [0.15, 0.2) is 0 Å². The zero-order valence-electron chi connectivity index (χ0n) is 10.2. The fourth-order valence-electron chi connectivity index (χ4n) is 1.81. The average Bonchev–Trinajstić information content (AvgIpc) is 2.96. The Labute approximate surface area is 118 Å². The Morgan fingerprint density at radius 3 is 2.74 bits per heavy atom. The number of nitriles is 1. The predicted octanol–water partition coefficient (Wildman–Crippen LogP) is 3.79. The van der Waals surface area contributed by atoms with Gasteiger partial charge in [-0.1, -0.05) is 24.7 Å². The van der Waals surface area contributed by atoms with Crippen molar-refractivity contribution in [3.05, 3.63) is 32.7 Å². The molecule has 2 aromatic heterocycles. The molecule has 0 saturated heterocycles. The first kappa shape index (κ1) is 13.5. The molecule has 5 nitrogen and oxygen atoms in total. The topological polar surface area (TPSA) is 93.0 Å². The van der Waals surface area contributed by atoms with Gasteiger partial charge < -0.3 is 5.73 Å². The lowest BCUT2D eigenvalue weighted by atomic mass is 10.1. The fourth-order valence-corrected chi connectivity index (χ4v) is 3.83. The maximum absolute atomic E-state index is 10.7. The van der Waals surface area contributed by atoms with Crippen LogP contribution in [0.2, 0.25) is 0 Å². The van der Waals surface area contributed by atoms with E-state index in [0.717, 1.165) is 39.5 Å². The number of nitro groups is 1. The molecule has 0 aliphatic carbocycles. The highest BCUT2D eigenvalue weighted by molar-refractivity contribution is 7.24. The smallest absolute Gasteiger partial charge is 0.324 e. The van der Waals surface area contributed by atoms with E-state index in [0.29, 0.717) is 10.6 Å². The van der Waals surface area contributed by atoms with Gasteiger partial charge in [0.05, 0.1) is 20.4 Å². The predicted molar refractivity (Wildman–Crippen MR) is 77.4 cm³/mol. The molecule has 0 aliphatic heterocycles. The molecular formula is C12H11N3O2S2. The summed E-state index contributed by atoms with van der Waals surface area (Å²) in [6.45, 7) is 2.03. The largest absolute Gasteiger partial charge is 0.397 e. The van der Waals surface area contributed by atoms with Crippen molar-refractivity contribution < 1.29 is 4.92 Å². The van der Waals surface area contributed by atoms with Crippen molar-refractivity contribution in [1.29, 1.82) is 5.26 Å². The van der Waals surface area contributed by atoms with Crippen LogP contribution in [0.25, 0.3) is 9.75 Å². The normalized spacial score (nSPS) is 10.3. The van der Waals surface area contributed by atoms with Crippen LogP contribution in [0.4, 0.5) is 10.7 Å². The molecule has 0 saturated carbocycles. The zero-order valence-corrected chi connectivity index (χ0v) is 11.8. The molecule has 2 aromatic rings. The number of hydrogen-bond acceptors (Lipinski definition) is 6. The quantitative estimate of drug-likeness (QED) is 0.685. The van der Waals surface area contributed by atoms with E-state index >= 15 is 0 Å². The summed E-state index contributed by atoms with van der Waals surface area (Å²) in [6.07, 6.45) is 1.68. The van der Waals surface area contributed by atoms with E-state index < -0.39 is 4.92 Å². The van der Waals surface area contributed by atoms with Crippen LogP contribution in [-0.4, -0.2) is 4.92 Å². The van der Waals surface area contributed by atoms with Gasteiger partial charge in [0, 0.05) is 6.07 Å². The summed E-state index contributed by atoms with van der Waals surface area (Å²) in [5.41, 5.74) is 7.41. The Morgan fingerprint density at radius 2 is 2.21 bits per heavy atom. The number of thiophene rings is 2. The Hall–Kier alpha value is -1.91. The van der Waals surface area contributed by atoms with Gasteiger partial charge in [0.2, 0.25) is 0 Å². The number of hydrogen-bond donors (Lipinski definition) is 1. The van der Waals surface area contributed by atoms with Crippen molar-refractivity contribution >= 4 is 33.4 Å². The molecule has 7 heteroatoms. The van der Waals surface area contributed by atoms with E-state index in [1.54, 1.807) is 6.07 Å². The molecule has 0 atom stereocenters. The van der Waals surface area contributed by atoms with Gasteiger partial charge in [0.1, 0.15) is 10.9 Å². The van der Waals surface area contributed by atoms with Crippen LogP contribution in [0.1, 0.15) is 23.8 Å². The Bertz CT molecular complexity index is 667. The summed E-state index contributed by atoms with van der Waals surface area (Å²) in [5, 5.41) is 19.9. The molecule has 2 rings (SSSR count). The molecule has 0 aromatic carbocycles. The Balaban J connectivity index is 2.54. The highest BCUT2D eigenvalue weighted by Gasteiger charge is 2.20. The number of anilines is 1. The average molecular weight is 293 g/mol. The summed E-state index contributed by atoms with van der Waals surface area (Å²) >= 11 is 2.42. The molecule has 19 heavy (non-hydrogen) atoms. The van der Waals surface area contributed by atoms with Gasteiger partial charge in [0.25, 0.3) is 0 Å². The molecule has 0 aliphatic rings. The lowest BCUT2D eigenvalue weighted by Crippen LogP contribution is -1.92. The van der Waals surface area contributed by atoms with E-state index in [4.69, 9.17) is 11.0 Å². The van der Waals surface area contributed by atoms with Crippen molar-refractivity contribution in [3.8, 4) is 15.8 Å². The SMILES string of the molecule is CCCc1c(-c2ccc([N+](=O)[O-])s2)sc(C#N)c1N. The van der Waals surface area contributed by atoms with Gasteiger partial charge in [-0.3, -0.25) is 10.1 Å². The lowest BCUT2D eigenvalue weighted by Gasteiger charge is -2.00. The third-order valence-electron chi connectivity index (χ3n) is 2.65. The van der Waals surface area contributed by atoms with Crippen LogP contribution in [-0.2, 0) is 6.42 Å². The standard InChI is InChI=1S/C12H11N3O2S2/c1-2-3-7-11(14)9(6-13)19-12(7)8-4-5-10(18-8)15(16)17/h4-5H,2-3,14H2,1H3. The number of rotatable bonds is 4. The minimum Gasteiger partial charge on any atom is -0.397 e. The van der Waals surface area contributed by atoms with Crippen molar-refractivity contribution in [3.63, 3.8) is 0 Å². The first-order valence-corrected chi connectivity index (χ1v) is 7.27. The molecule has 0 unspecified atom stereocenters. The summed E-state index contributed by atoms with van der Waals surface area (Å²) in [4.78, 5) is 12.5. The summed E-state index contributed by atoms with van der Waals surface area (Å²) in [5.74, 6) is 0. The van der Waals surface area contributed by atoms with Crippen LogP contribution in [0, 0.1) is 21.4 Å². The van der Waals surface area contributed by atoms with Gasteiger partial charge in [-0.25, -0.2) is 0 Å². The maximum Gasteiger partial charge on any atom is 0.324 e. The van der Waals surface area contributed by atoms with Crippen LogP contribution in [0.15, 0.2) is 12.1 Å². The summed E-state index contributed by atoms with van der Waals surface area (Å²) in [7, 11) is 0. The molecule has 0 spiro atoms. The highest BCUT2D eigenvalue weighted by atomic mass is 32.1. The van der Waals surface area contributed by atoms with Crippen LogP contribution < -0.4 is 5.73 Å². The van der Waals surface area contributed by atoms with E-state index in [2.05, 4.69) is 6.07 Å². The highest BCUT2D eigenvalue weighted by Crippen LogP contribution is 2.43. The van der Waals surface area contributed by atoms with Crippen molar-refractivity contribution in [2.75, 3.05) is 5.73 Å². The number of nitrogens with two attached hydrogens (primary N) is 1. The van der Waals surface area contributed by atoms with Gasteiger partial charge in [-0.05, 0) is 18.1 Å². The molecule has 0 bridgehead atoms. The Kier molecular flexibility index (Phi) is 3.83. The molecule has 0 amide bonds. The minimum atomic E-state index is -0.407. The lowest BCUT2D eigenvalue weighted by molar-refractivity contribution is -0.380. The molecule has 0 radical (unpaired) electrons. The number of nitrogens with zero attached hydrogens (tertiary/aromatic N) is 2. The van der Waals surface area contributed by atoms with Crippen molar-refractivity contribution in [2.45, 2.75) is 19.8 Å².